The standard InChI is InChI=1S/C23H40N2O2/c1-17(2)18-9-11-21(12-10-18)27-16-20(26)15-24(7)19-13-22(3,4)25(8)23(5,6)14-19/h9-12,17,19-20,26H,13-16H2,1-8H3. The van der Waals surface area contributed by atoms with Gasteiger partial charge in [0.2, 0.25) is 0 Å². The van der Waals surface area contributed by atoms with Gasteiger partial charge >= 0.3 is 0 Å². The number of nitrogens with zero attached hydrogens (tertiary/aromatic N) is 2. The highest BCUT2D eigenvalue weighted by molar-refractivity contribution is 5.28. The third-order valence-electron chi connectivity index (χ3n) is 6.40. The van der Waals surface area contributed by atoms with Crippen molar-refractivity contribution in [1.82, 2.24) is 9.80 Å². The van der Waals surface area contributed by atoms with Crippen LogP contribution in [0.15, 0.2) is 24.3 Å². The van der Waals surface area contributed by atoms with Crippen LogP contribution in [-0.2, 0) is 0 Å². The minimum Gasteiger partial charge on any atom is -0.491 e. The summed E-state index contributed by atoms with van der Waals surface area (Å²) >= 11 is 0. The van der Waals surface area contributed by atoms with E-state index in [2.05, 4.69) is 77.6 Å². The average Bonchev–Trinajstić information content (AvgIpc) is 2.57. The molecule has 0 amide bonds. The molecule has 4 nitrogen and oxygen atoms in total. The summed E-state index contributed by atoms with van der Waals surface area (Å²) in [7, 11) is 4.35. The largest absolute Gasteiger partial charge is 0.491 e. The molecule has 1 aliphatic heterocycles. The first-order valence-corrected chi connectivity index (χ1v) is 10.3. The smallest absolute Gasteiger partial charge is 0.119 e. The van der Waals surface area contributed by atoms with Crippen molar-refractivity contribution in [3.63, 3.8) is 0 Å². The molecule has 0 spiro atoms. The lowest BCUT2D eigenvalue weighted by molar-refractivity contribution is -0.0507. The number of aliphatic hydroxyl groups is 1. The molecule has 1 unspecified atom stereocenters. The Labute approximate surface area is 166 Å². The molecule has 1 aliphatic rings. The molecule has 1 N–H and O–H groups in total. The molecule has 4 heteroatoms. The van der Waals surface area contributed by atoms with Crippen LogP contribution in [-0.4, -0.2) is 65.4 Å². The highest BCUT2D eigenvalue weighted by Crippen LogP contribution is 2.38. The number of ether oxygens (including phenoxy) is 1. The van der Waals surface area contributed by atoms with Crippen LogP contribution in [0.3, 0.4) is 0 Å². The Morgan fingerprint density at radius 1 is 1.11 bits per heavy atom. The van der Waals surface area contributed by atoms with Gasteiger partial charge in [-0.3, -0.25) is 4.90 Å². The Balaban J connectivity index is 1.87. The van der Waals surface area contributed by atoms with E-state index in [1.807, 2.05) is 12.1 Å². The van der Waals surface area contributed by atoms with Crippen molar-refractivity contribution in [3.05, 3.63) is 29.8 Å². The van der Waals surface area contributed by atoms with Gasteiger partial charge in [0.15, 0.2) is 0 Å². The Hall–Kier alpha value is -1.10. The minimum atomic E-state index is -0.495. The van der Waals surface area contributed by atoms with Crippen LogP contribution in [0, 0.1) is 0 Å². The quantitative estimate of drug-likeness (QED) is 0.776. The van der Waals surface area contributed by atoms with Crippen LogP contribution < -0.4 is 4.74 Å². The number of benzene rings is 1. The highest BCUT2D eigenvalue weighted by Gasteiger charge is 2.44. The molecule has 0 aromatic heterocycles. The Bertz CT molecular complexity index is 577. The van der Waals surface area contributed by atoms with Crippen LogP contribution in [0.4, 0.5) is 0 Å². The van der Waals surface area contributed by atoms with Crippen molar-refractivity contribution < 1.29 is 9.84 Å². The number of rotatable bonds is 7. The number of piperidine rings is 1. The van der Waals surface area contributed by atoms with E-state index >= 15 is 0 Å². The van der Waals surface area contributed by atoms with Crippen molar-refractivity contribution in [2.45, 2.75) is 83.5 Å². The zero-order chi connectivity index (χ0) is 20.4. The Morgan fingerprint density at radius 3 is 2.11 bits per heavy atom. The predicted molar refractivity (Wildman–Crippen MR) is 114 cm³/mol. The van der Waals surface area contributed by atoms with Crippen molar-refractivity contribution in [3.8, 4) is 5.75 Å². The van der Waals surface area contributed by atoms with Crippen molar-refractivity contribution in [2.24, 2.45) is 0 Å². The third-order valence-corrected chi connectivity index (χ3v) is 6.40. The summed E-state index contributed by atoms with van der Waals surface area (Å²) in [5.41, 5.74) is 1.61. The molecule has 0 radical (unpaired) electrons. The summed E-state index contributed by atoms with van der Waals surface area (Å²) in [6.07, 6.45) is 1.71. The predicted octanol–water partition coefficient (Wildman–Crippen LogP) is 4.13. The molecular formula is C23H40N2O2. The monoisotopic (exact) mass is 376 g/mol. The maximum atomic E-state index is 10.5. The molecule has 0 saturated carbocycles. The second-order valence-electron chi connectivity index (χ2n) is 9.87. The number of likely N-dealkylation sites (tertiary alicyclic amines) is 1. The van der Waals surface area contributed by atoms with Crippen LogP contribution in [0.1, 0.15) is 65.9 Å². The topological polar surface area (TPSA) is 35.9 Å². The number of likely N-dealkylation sites (N-methyl/N-ethyl adjacent to an activating group) is 1. The van der Waals surface area contributed by atoms with Gasteiger partial charge in [-0.15, -0.1) is 0 Å². The zero-order valence-corrected chi connectivity index (χ0v) is 18.6. The van der Waals surface area contributed by atoms with E-state index in [0.29, 0.717) is 25.1 Å². The Morgan fingerprint density at radius 2 is 1.63 bits per heavy atom. The summed E-state index contributed by atoms with van der Waals surface area (Å²) in [5.74, 6) is 1.34. The lowest BCUT2D eigenvalue weighted by Gasteiger charge is -2.55. The molecule has 27 heavy (non-hydrogen) atoms. The Kier molecular flexibility index (Phi) is 6.99. The molecule has 1 saturated heterocycles. The molecule has 0 bridgehead atoms. The molecule has 1 aromatic rings. The summed E-state index contributed by atoms with van der Waals surface area (Å²) in [6.45, 7) is 14.6. The number of hydrogen-bond acceptors (Lipinski definition) is 4. The van der Waals surface area contributed by atoms with Crippen molar-refractivity contribution in [2.75, 3.05) is 27.2 Å². The van der Waals surface area contributed by atoms with E-state index in [4.69, 9.17) is 4.74 Å². The third kappa shape index (κ3) is 5.69. The lowest BCUT2D eigenvalue weighted by Crippen LogP contribution is -2.62. The van der Waals surface area contributed by atoms with Gasteiger partial charge in [0, 0.05) is 23.7 Å². The molecular weight excluding hydrogens is 336 g/mol. The maximum absolute atomic E-state index is 10.5. The van der Waals surface area contributed by atoms with E-state index < -0.39 is 6.10 Å². The second-order valence-corrected chi connectivity index (χ2v) is 9.87. The SMILES string of the molecule is CC(C)c1ccc(OCC(O)CN(C)C2CC(C)(C)N(C)C(C)(C)C2)cc1. The highest BCUT2D eigenvalue weighted by atomic mass is 16.5. The van der Waals surface area contributed by atoms with Gasteiger partial charge in [0.1, 0.15) is 18.5 Å². The van der Waals surface area contributed by atoms with Gasteiger partial charge < -0.3 is 14.7 Å². The van der Waals surface area contributed by atoms with E-state index in [0.717, 1.165) is 18.6 Å². The molecule has 1 aromatic carbocycles. The molecule has 154 valence electrons. The first-order chi connectivity index (χ1) is 12.4. The zero-order valence-electron chi connectivity index (χ0n) is 18.6. The number of aliphatic hydroxyl groups excluding tert-OH is 1. The van der Waals surface area contributed by atoms with Gasteiger partial charge in [-0.2, -0.15) is 0 Å². The average molecular weight is 377 g/mol. The van der Waals surface area contributed by atoms with Gasteiger partial charge in [-0.25, -0.2) is 0 Å². The second kappa shape index (κ2) is 8.50. The van der Waals surface area contributed by atoms with Crippen LogP contribution >= 0.6 is 0 Å². The van der Waals surface area contributed by atoms with E-state index in [-0.39, 0.29) is 11.1 Å². The fraction of sp³-hybridized carbons (Fsp3) is 0.739. The van der Waals surface area contributed by atoms with Gasteiger partial charge in [0.25, 0.3) is 0 Å². The van der Waals surface area contributed by atoms with Crippen molar-refractivity contribution >= 4 is 0 Å². The summed E-state index contributed by atoms with van der Waals surface area (Å²) < 4.78 is 5.80. The molecule has 1 heterocycles. The maximum Gasteiger partial charge on any atom is 0.119 e. The van der Waals surface area contributed by atoms with E-state index in [1.54, 1.807) is 0 Å². The normalized spacial score (nSPS) is 21.6. The van der Waals surface area contributed by atoms with Crippen molar-refractivity contribution in [1.29, 1.82) is 0 Å². The van der Waals surface area contributed by atoms with E-state index in [9.17, 15) is 5.11 Å². The molecule has 1 atom stereocenters. The molecule has 2 rings (SSSR count). The minimum absolute atomic E-state index is 0.153. The van der Waals surface area contributed by atoms with Gasteiger partial charge in [-0.05, 0) is 78.2 Å². The first kappa shape index (κ1) is 22.2. The van der Waals surface area contributed by atoms with Crippen LogP contribution in [0.25, 0.3) is 0 Å². The van der Waals surface area contributed by atoms with Crippen LogP contribution in [0.2, 0.25) is 0 Å². The fourth-order valence-corrected chi connectivity index (χ4v) is 4.31. The summed E-state index contributed by atoms with van der Waals surface area (Å²) in [4.78, 5) is 4.80. The van der Waals surface area contributed by atoms with Crippen LogP contribution in [0.5, 0.6) is 5.75 Å². The lowest BCUT2D eigenvalue weighted by atomic mass is 9.77. The fourth-order valence-electron chi connectivity index (χ4n) is 4.31. The molecule has 1 fully saturated rings. The summed E-state index contributed by atoms with van der Waals surface area (Å²) in [6, 6.07) is 8.65. The molecule has 0 aliphatic carbocycles. The summed E-state index contributed by atoms with van der Waals surface area (Å²) in [5, 5.41) is 10.5. The number of hydrogen-bond donors (Lipinski definition) is 1. The van der Waals surface area contributed by atoms with E-state index in [1.165, 1.54) is 5.56 Å². The van der Waals surface area contributed by atoms with Gasteiger partial charge in [-0.1, -0.05) is 26.0 Å². The van der Waals surface area contributed by atoms with Gasteiger partial charge in [0.05, 0.1) is 0 Å². The first-order valence-electron chi connectivity index (χ1n) is 10.3.